The standard InChI is InChI=1S/C11H20N2O5/c1-11(2,3)8(12)9(16)13-6(10(17)18)4-5-7(14)15/h6,8H,4-5,12H2,1-3H3,(H,13,16)(H,14,15)(H,17,18). The molecule has 104 valence electrons. The third kappa shape index (κ3) is 5.62. The minimum absolute atomic E-state index is 0.173. The van der Waals surface area contributed by atoms with Gasteiger partial charge in [-0.2, -0.15) is 0 Å². The summed E-state index contributed by atoms with van der Waals surface area (Å²) in [6, 6.07) is -2.09. The van der Waals surface area contributed by atoms with Crippen LogP contribution in [0.4, 0.5) is 0 Å². The van der Waals surface area contributed by atoms with E-state index in [1.807, 2.05) is 0 Å². The summed E-state index contributed by atoms with van der Waals surface area (Å²) in [7, 11) is 0. The lowest BCUT2D eigenvalue weighted by molar-refractivity contribution is -0.143. The van der Waals surface area contributed by atoms with E-state index < -0.39 is 35.3 Å². The summed E-state index contributed by atoms with van der Waals surface area (Å²) in [5.74, 6) is -2.98. The molecule has 0 fully saturated rings. The van der Waals surface area contributed by atoms with Gasteiger partial charge in [-0.1, -0.05) is 20.8 Å². The highest BCUT2D eigenvalue weighted by Gasteiger charge is 2.30. The number of nitrogens with one attached hydrogen (secondary N) is 1. The lowest BCUT2D eigenvalue weighted by Gasteiger charge is -2.27. The Morgan fingerprint density at radius 3 is 2.06 bits per heavy atom. The highest BCUT2D eigenvalue weighted by molar-refractivity contribution is 5.87. The molecule has 0 aliphatic rings. The van der Waals surface area contributed by atoms with E-state index in [9.17, 15) is 14.4 Å². The zero-order valence-corrected chi connectivity index (χ0v) is 10.8. The Labute approximate surface area is 105 Å². The predicted octanol–water partition coefficient (Wildman–Crippen LogP) is -0.206. The third-order valence-corrected chi connectivity index (χ3v) is 2.48. The summed E-state index contributed by atoms with van der Waals surface area (Å²) in [6.45, 7) is 5.26. The quantitative estimate of drug-likeness (QED) is 0.523. The third-order valence-electron chi connectivity index (χ3n) is 2.48. The van der Waals surface area contributed by atoms with Crippen LogP contribution >= 0.6 is 0 Å². The van der Waals surface area contributed by atoms with Gasteiger partial charge in [-0.25, -0.2) is 4.79 Å². The molecular formula is C11H20N2O5. The van der Waals surface area contributed by atoms with Gasteiger partial charge in [0.15, 0.2) is 0 Å². The summed E-state index contributed by atoms with van der Waals surface area (Å²) < 4.78 is 0. The van der Waals surface area contributed by atoms with Gasteiger partial charge in [0.1, 0.15) is 6.04 Å². The van der Waals surface area contributed by atoms with Gasteiger partial charge >= 0.3 is 11.9 Å². The fraction of sp³-hybridized carbons (Fsp3) is 0.727. The number of carbonyl (C=O) groups is 3. The molecular weight excluding hydrogens is 240 g/mol. The van der Waals surface area contributed by atoms with E-state index in [2.05, 4.69) is 5.32 Å². The van der Waals surface area contributed by atoms with Crippen molar-refractivity contribution in [2.75, 3.05) is 0 Å². The molecule has 0 aromatic carbocycles. The Morgan fingerprint density at radius 1 is 1.22 bits per heavy atom. The van der Waals surface area contributed by atoms with Crippen molar-refractivity contribution in [3.63, 3.8) is 0 Å². The second-order valence-corrected chi connectivity index (χ2v) is 5.18. The first-order valence-electron chi connectivity index (χ1n) is 5.56. The van der Waals surface area contributed by atoms with Gasteiger partial charge in [-0.3, -0.25) is 9.59 Å². The van der Waals surface area contributed by atoms with Gasteiger partial charge in [0.05, 0.1) is 6.04 Å². The Morgan fingerprint density at radius 2 is 1.72 bits per heavy atom. The normalized spacial score (nSPS) is 14.7. The number of aliphatic carboxylic acids is 2. The largest absolute Gasteiger partial charge is 0.481 e. The van der Waals surface area contributed by atoms with Crippen LogP contribution in [0.1, 0.15) is 33.6 Å². The number of amides is 1. The topological polar surface area (TPSA) is 130 Å². The molecule has 0 spiro atoms. The van der Waals surface area contributed by atoms with Crippen LogP contribution in [0.5, 0.6) is 0 Å². The van der Waals surface area contributed by atoms with Crippen molar-refractivity contribution in [1.82, 2.24) is 5.32 Å². The molecule has 18 heavy (non-hydrogen) atoms. The zero-order chi connectivity index (χ0) is 14.5. The van der Waals surface area contributed by atoms with E-state index in [0.29, 0.717) is 0 Å². The van der Waals surface area contributed by atoms with E-state index >= 15 is 0 Å². The Kier molecular flexibility index (Phi) is 5.77. The molecule has 0 saturated heterocycles. The summed E-state index contributed by atoms with van der Waals surface area (Å²) in [6.07, 6.45) is -0.505. The molecule has 2 unspecified atom stereocenters. The Balaban J connectivity index is 4.55. The van der Waals surface area contributed by atoms with Gasteiger partial charge in [0.2, 0.25) is 5.91 Å². The number of carboxylic acid groups (broad SMARTS) is 2. The van der Waals surface area contributed by atoms with E-state index in [4.69, 9.17) is 15.9 Å². The molecule has 0 aliphatic carbocycles. The summed E-state index contributed by atoms with van der Waals surface area (Å²) in [5, 5.41) is 19.6. The molecule has 0 aromatic rings. The molecule has 7 nitrogen and oxygen atoms in total. The summed E-state index contributed by atoms with van der Waals surface area (Å²) in [5.41, 5.74) is 5.18. The number of hydrogen-bond acceptors (Lipinski definition) is 4. The first-order valence-corrected chi connectivity index (χ1v) is 5.56. The van der Waals surface area contributed by atoms with Gasteiger partial charge in [0.25, 0.3) is 0 Å². The second kappa shape index (κ2) is 6.34. The first kappa shape index (κ1) is 16.4. The number of carbonyl (C=O) groups excluding carboxylic acids is 1. The van der Waals surface area contributed by atoms with Crippen LogP contribution in [0.2, 0.25) is 0 Å². The van der Waals surface area contributed by atoms with Crippen molar-refractivity contribution in [2.24, 2.45) is 11.1 Å². The lowest BCUT2D eigenvalue weighted by atomic mass is 9.87. The van der Waals surface area contributed by atoms with Gasteiger partial charge < -0.3 is 21.3 Å². The fourth-order valence-corrected chi connectivity index (χ4v) is 1.18. The molecule has 7 heteroatoms. The van der Waals surface area contributed by atoms with Crippen molar-refractivity contribution in [3.05, 3.63) is 0 Å². The molecule has 0 heterocycles. The van der Waals surface area contributed by atoms with Crippen molar-refractivity contribution in [3.8, 4) is 0 Å². The zero-order valence-electron chi connectivity index (χ0n) is 10.8. The van der Waals surface area contributed by atoms with Crippen LogP contribution < -0.4 is 11.1 Å². The molecule has 1 amide bonds. The monoisotopic (exact) mass is 260 g/mol. The highest BCUT2D eigenvalue weighted by Crippen LogP contribution is 2.17. The molecule has 0 aliphatic heterocycles. The molecule has 0 saturated carbocycles. The fourth-order valence-electron chi connectivity index (χ4n) is 1.18. The van der Waals surface area contributed by atoms with Crippen molar-refractivity contribution < 1.29 is 24.6 Å². The smallest absolute Gasteiger partial charge is 0.326 e. The maximum absolute atomic E-state index is 11.7. The molecule has 2 atom stereocenters. The number of hydrogen-bond donors (Lipinski definition) is 4. The molecule has 0 bridgehead atoms. The van der Waals surface area contributed by atoms with Crippen LogP contribution in [-0.4, -0.2) is 40.1 Å². The van der Waals surface area contributed by atoms with Crippen molar-refractivity contribution >= 4 is 17.8 Å². The Bertz CT molecular complexity index is 335. The second-order valence-electron chi connectivity index (χ2n) is 5.18. The van der Waals surface area contributed by atoms with Crippen LogP contribution in [-0.2, 0) is 14.4 Å². The van der Waals surface area contributed by atoms with Crippen molar-refractivity contribution in [1.29, 1.82) is 0 Å². The number of carboxylic acids is 2. The van der Waals surface area contributed by atoms with Gasteiger partial charge in [0, 0.05) is 6.42 Å². The molecule has 0 radical (unpaired) electrons. The minimum Gasteiger partial charge on any atom is -0.481 e. The summed E-state index contributed by atoms with van der Waals surface area (Å²) in [4.78, 5) is 32.9. The van der Waals surface area contributed by atoms with E-state index in [-0.39, 0.29) is 12.8 Å². The van der Waals surface area contributed by atoms with Crippen LogP contribution in [0.3, 0.4) is 0 Å². The van der Waals surface area contributed by atoms with Crippen LogP contribution in [0, 0.1) is 5.41 Å². The van der Waals surface area contributed by atoms with E-state index in [1.54, 1.807) is 20.8 Å². The van der Waals surface area contributed by atoms with Crippen LogP contribution in [0.25, 0.3) is 0 Å². The first-order chi connectivity index (χ1) is 8.05. The highest BCUT2D eigenvalue weighted by atomic mass is 16.4. The van der Waals surface area contributed by atoms with Crippen LogP contribution in [0.15, 0.2) is 0 Å². The van der Waals surface area contributed by atoms with Gasteiger partial charge in [-0.05, 0) is 11.8 Å². The van der Waals surface area contributed by atoms with Gasteiger partial charge in [-0.15, -0.1) is 0 Å². The van der Waals surface area contributed by atoms with E-state index in [0.717, 1.165) is 0 Å². The predicted molar refractivity (Wildman–Crippen MR) is 63.9 cm³/mol. The molecule has 0 rings (SSSR count). The van der Waals surface area contributed by atoms with Crippen molar-refractivity contribution in [2.45, 2.75) is 45.7 Å². The molecule has 0 aromatic heterocycles. The average molecular weight is 260 g/mol. The number of rotatable bonds is 6. The average Bonchev–Trinajstić information content (AvgIpc) is 2.20. The molecule has 5 N–H and O–H groups in total. The summed E-state index contributed by atoms with van der Waals surface area (Å²) >= 11 is 0. The lowest BCUT2D eigenvalue weighted by Crippen LogP contribution is -2.53. The minimum atomic E-state index is -1.27. The maximum Gasteiger partial charge on any atom is 0.326 e. The SMILES string of the molecule is CC(C)(C)C(N)C(=O)NC(CCC(=O)O)C(=O)O. The number of nitrogens with two attached hydrogens (primary N) is 1. The Hall–Kier alpha value is -1.63. The van der Waals surface area contributed by atoms with E-state index in [1.165, 1.54) is 0 Å². The maximum atomic E-state index is 11.7.